The summed E-state index contributed by atoms with van der Waals surface area (Å²) in [7, 11) is -3.63. The molecule has 2 aliphatic heterocycles. The maximum Gasteiger partial charge on any atom is 0.251 e. The molecule has 8 heteroatoms. The van der Waals surface area contributed by atoms with Crippen LogP contribution in [0.15, 0.2) is 47.4 Å². The highest BCUT2D eigenvalue weighted by atomic mass is 32.2. The Bertz CT molecular complexity index is 1050. The molecule has 1 atom stereocenters. The lowest BCUT2D eigenvalue weighted by Crippen LogP contribution is -2.40. The Hall–Kier alpha value is -2.58. The van der Waals surface area contributed by atoms with Crippen LogP contribution in [0, 0.1) is 6.92 Å². The summed E-state index contributed by atoms with van der Waals surface area (Å²) >= 11 is 0. The number of nitrogens with zero attached hydrogens (tertiary/aromatic N) is 1. The third-order valence-corrected chi connectivity index (χ3v) is 7.73. The molecule has 1 fully saturated rings. The molecular weight excluding hydrogens is 416 g/mol. The third-order valence-electron chi connectivity index (χ3n) is 5.69. The molecular formula is C23H28N2O5S. The van der Waals surface area contributed by atoms with Crippen molar-refractivity contribution < 1.29 is 22.7 Å². The molecule has 0 bridgehead atoms. The largest absolute Gasteiger partial charge is 0.486 e. The molecule has 2 aromatic carbocycles. The molecule has 2 heterocycles. The van der Waals surface area contributed by atoms with Crippen molar-refractivity contribution in [3.05, 3.63) is 53.6 Å². The topological polar surface area (TPSA) is 84.9 Å². The summed E-state index contributed by atoms with van der Waals surface area (Å²) in [5.41, 5.74) is 0.956. The first-order valence-electron chi connectivity index (χ1n) is 10.7. The van der Waals surface area contributed by atoms with Gasteiger partial charge in [-0.25, -0.2) is 8.42 Å². The van der Waals surface area contributed by atoms with Crippen molar-refractivity contribution in [1.82, 2.24) is 9.62 Å². The molecule has 1 amide bonds. The van der Waals surface area contributed by atoms with Gasteiger partial charge in [0.25, 0.3) is 5.91 Å². The average molecular weight is 445 g/mol. The Kier molecular flexibility index (Phi) is 6.48. The number of amides is 1. The Labute approximate surface area is 183 Å². The molecule has 7 nitrogen and oxygen atoms in total. The van der Waals surface area contributed by atoms with Crippen LogP contribution < -0.4 is 14.8 Å². The van der Waals surface area contributed by atoms with Crippen LogP contribution in [0.25, 0.3) is 0 Å². The zero-order valence-electron chi connectivity index (χ0n) is 17.7. The van der Waals surface area contributed by atoms with Gasteiger partial charge in [0.2, 0.25) is 10.0 Å². The van der Waals surface area contributed by atoms with Gasteiger partial charge in [-0.3, -0.25) is 4.79 Å². The second kappa shape index (κ2) is 9.28. The number of para-hydroxylation sites is 2. The number of hydrogen-bond donors (Lipinski definition) is 1. The van der Waals surface area contributed by atoms with Crippen LogP contribution in [0.1, 0.15) is 41.6 Å². The van der Waals surface area contributed by atoms with E-state index in [0.717, 1.165) is 25.7 Å². The number of aryl methyl sites for hydroxylation is 1. The van der Waals surface area contributed by atoms with Crippen molar-refractivity contribution in [2.24, 2.45) is 0 Å². The first kappa shape index (κ1) is 21.6. The van der Waals surface area contributed by atoms with Gasteiger partial charge in [0.1, 0.15) is 12.7 Å². The highest BCUT2D eigenvalue weighted by molar-refractivity contribution is 7.89. The predicted octanol–water partition coefficient (Wildman–Crippen LogP) is 3.13. The normalized spacial score (nSPS) is 19.5. The fourth-order valence-corrected chi connectivity index (χ4v) is 5.68. The summed E-state index contributed by atoms with van der Waals surface area (Å²) in [6, 6.07) is 12.2. The van der Waals surface area contributed by atoms with Crippen molar-refractivity contribution in [2.75, 3.05) is 26.2 Å². The van der Waals surface area contributed by atoms with E-state index in [0.29, 0.717) is 42.3 Å². The van der Waals surface area contributed by atoms with Gasteiger partial charge in [-0.1, -0.05) is 31.0 Å². The van der Waals surface area contributed by atoms with Gasteiger partial charge in [0, 0.05) is 18.7 Å². The van der Waals surface area contributed by atoms with Crippen LogP contribution in [-0.4, -0.2) is 51.0 Å². The lowest BCUT2D eigenvalue weighted by Gasteiger charge is -2.26. The van der Waals surface area contributed by atoms with Gasteiger partial charge in [-0.15, -0.1) is 0 Å². The second-order valence-corrected chi connectivity index (χ2v) is 9.91. The van der Waals surface area contributed by atoms with E-state index in [2.05, 4.69) is 5.32 Å². The van der Waals surface area contributed by atoms with E-state index in [1.54, 1.807) is 23.4 Å². The summed E-state index contributed by atoms with van der Waals surface area (Å²) in [4.78, 5) is 12.9. The van der Waals surface area contributed by atoms with E-state index in [9.17, 15) is 13.2 Å². The summed E-state index contributed by atoms with van der Waals surface area (Å²) in [6.07, 6.45) is 3.51. The number of rotatable bonds is 5. The molecule has 0 unspecified atom stereocenters. The quantitative estimate of drug-likeness (QED) is 0.766. The van der Waals surface area contributed by atoms with Crippen LogP contribution in [-0.2, 0) is 10.0 Å². The average Bonchev–Trinajstić information content (AvgIpc) is 3.08. The Balaban J connectivity index is 1.44. The lowest BCUT2D eigenvalue weighted by molar-refractivity contribution is 0.0789. The van der Waals surface area contributed by atoms with E-state index < -0.39 is 10.0 Å². The van der Waals surface area contributed by atoms with Gasteiger partial charge in [-0.2, -0.15) is 4.31 Å². The fourth-order valence-electron chi connectivity index (χ4n) is 3.91. The molecule has 166 valence electrons. The molecule has 31 heavy (non-hydrogen) atoms. The summed E-state index contributed by atoms with van der Waals surface area (Å²) < 4.78 is 39.5. The zero-order chi connectivity index (χ0) is 21.8. The van der Waals surface area contributed by atoms with E-state index in [1.807, 2.05) is 24.3 Å². The predicted molar refractivity (Wildman–Crippen MR) is 117 cm³/mol. The van der Waals surface area contributed by atoms with Gasteiger partial charge < -0.3 is 14.8 Å². The molecule has 0 spiro atoms. The number of fused-ring (bicyclic) bond motifs is 1. The van der Waals surface area contributed by atoms with Gasteiger partial charge in [0.15, 0.2) is 11.5 Å². The summed E-state index contributed by atoms with van der Waals surface area (Å²) in [5, 5.41) is 2.83. The molecule has 2 aliphatic rings. The molecule has 4 rings (SSSR count). The van der Waals surface area contributed by atoms with Crippen LogP contribution in [0.5, 0.6) is 11.5 Å². The Morgan fingerprint density at radius 2 is 1.77 bits per heavy atom. The van der Waals surface area contributed by atoms with Crippen molar-refractivity contribution >= 4 is 15.9 Å². The van der Waals surface area contributed by atoms with Gasteiger partial charge in [-0.05, 0) is 49.6 Å². The molecule has 1 saturated heterocycles. The SMILES string of the molecule is Cc1ccc(C(=O)NC[C@H]2COc3ccccc3O2)cc1S(=O)(=O)N1CCCCCC1. The van der Waals surface area contributed by atoms with Crippen LogP contribution in [0.3, 0.4) is 0 Å². The van der Waals surface area contributed by atoms with Gasteiger partial charge >= 0.3 is 0 Å². The van der Waals surface area contributed by atoms with Crippen LogP contribution >= 0.6 is 0 Å². The number of carbonyl (C=O) groups excluding carboxylic acids is 1. The molecule has 1 N–H and O–H groups in total. The van der Waals surface area contributed by atoms with Crippen LogP contribution in [0.4, 0.5) is 0 Å². The molecule has 0 aliphatic carbocycles. The minimum atomic E-state index is -3.63. The molecule has 0 aromatic heterocycles. The summed E-state index contributed by atoms with van der Waals surface area (Å²) in [5.74, 6) is 0.996. The standard InChI is InChI=1S/C23H28N2O5S/c1-17-10-11-18(14-22(17)31(27,28)25-12-6-2-3-7-13-25)23(26)24-15-19-16-29-20-8-4-5-9-21(20)30-19/h4-5,8-11,14,19H,2-3,6-7,12-13,15-16H2,1H3,(H,24,26)/t19-/m0/s1. The van der Waals surface area contributed by atoms with E-state index in [4.69, 9.17) is 9.47 Å². The second-order valence-electron chi connectivity index (χ2n) is 8.01. The Morgan fingerprint density at radius 1 is 1.06 bits per heavy atom. The van der Waals surface area contributed by atoms with E-state index in [-0.39, 0.29) is 23.5 Å². The minimum Gasteiger partial charge on any atom is -0.486 e. The first-order valence-corrected chi connectivity index (χ1v) is 12.2. The van der Waals surface area contributed by atoms with Crippen molar-refractivity contribution in [1.29, 1.82) is 0 Å². The number of sulfonamides is 1. The van der Waals surface area contributed by atoms with Crippen molar-refractivity contribution in [2.45, 2.75) is 43.6 Å². The highest BCUT2D eigenvalue weighted by Gasteiger charge is 2.28. The number of ether oxygens (including phenoxy) is 2. The minimum absolute atomic E-state index is 0.202. The maximum atomic E-state index is 13.2. The monoisotopic (exact) mass is 444 g/mol. The number of nitrogens with one attached hydrogen (secondary N) is 1. The third kappa shape index (κ3) is 4.85. The van der Waals surface area contributed by atoms with Crippen molar-refractivity contribution in [3.63, 3.8) is 0 Å². The fraction of sp³-hybridized carbons (Fsp3) is 0.435. The van der Waals surface area contributed by atoms with Crippen LogP contribution in [0.2, 0.25) is 0 Å². The smallest absolute Gasteiger partial charge is 0.251 e. The summed E-state index contributed by atoms with van der Waals surface area (Å²) in [6.45, 7) is 3.41. The first-order chi connectivity index (χ1) is 14.9. The zero-order valence-corrected chi connectivity index (χ0v) is 18.5. The number of hydrogen-bond acceptors (Lipinski definition) is 5. The number of benzene rings is 2. The number of carbonyl (C=O) groups is 1. The Morgan fingerprint density at radius 3 is 2.52 bits per heavy atom. The van der Waals surface area contributed by atoms with E-state index >= 15 is 0 Å². The highest BCUT2D eigenvalue weighted by Crippen LogP contribution is 2.30. The maximum absolute atomic E-state index is 13.2. The van der Waals surface area contributed by atoms with Crippen molar-refractivity contribution in [3.8, 4) is 11.5 Å². The molecule has 0 radical (unpaired) electrons. The lowest BCUT2D eigenvalue weighted by atomic mass is 10.1. The van der Waals surface area contributed by atoms with E-state index in [1.165, 1.54) is 6.07 Å². The molecule has 2 aromatic rings. The molecule has 0 saturated carbocycles. The van der Waals surface area contributed by atoms with Gasteiger partial charge in [0.05, 0.1) is 11.4 Å².